The van der Waals surface area contributed by atoms with E-state index in [1.165, 1.54) is 24.8 Å². The number of methoxy groups -OCH3 is 1. The molecule has 0 aliphatic rings. The van der Waals surface area contributed by atoms with E-state index >= 15 is 0 Å². The topological polar surface area (TPSA) is 59.4 Å². The molecule has 0 fully saturated rings. The van der Waals surface area contributed by atoms with Gasteiger partial charge in [-0.15, -0.1) is 36.0 Å². The second kappa shape index (κ2) is 11.9. The molecule has 1 aromatic carbocycles. The summed E-state index contributed by atoms with van der Waals surface area (Å²) < 4.78 is 5.30. The third-order valence-electron chi connectivity index (χ3n) is 2.67. The maximum absolute atomic E-state index is 10.0. The number of ether oxygens (including phenoxy) is 1. The quantitative estimate of drug-likeness (QED) is 0.279. The molecule has 0 bridgehead atoms. The zero-order valence-corrected chi connectivity index (χ0v) is 17.1. The minimum absolute atomic E-state index is 0. The van der Waals surface area contributed by atoms with Gasteiger partial charge in [-0.05, 0) is 31.9 Å². The molecule has 4 nitrogen and oxygen atoms in total. The molecule has 0 aliphatic carbocycles. The number of thioether (sulfide) groups is 1. The SMILES string of the molecule is CC(=O)/C=C(/C)O.COc1ccc[c-]c1-c1cc(SC)ccn1.[Pt]. The van der Waals surface area contributed by atoms with Gasteiger partial charge in [0.05, 0.1) is 12.9 Å². The first kappa shape index (κ1) is 22.4. The van der Waals surface area contributed by atoms with Crippen molar-refractivity contribution in [3.05, 3.63) is 54.4 Å². The largest absolute Gasteiger partial charge is 0.540 e. The van der Waals surface area contributed by atoms with Crippen LogP contribution in [0.5, 0.6) is 5.75 Å². The third kappa shape index (κ3) is 7.80. The number of pyridine rings is 1. The summed E-state index contributed by atoms with van der Waals surface area (Å²) in [5, 5.41) is 8.36. The van der Waals surface area contributed by atoms with Gasteiger partial charge in [0.25, 0.3) is 0 Å². The van der Waals surface area contributed by atoms with E-state index in [-0.39, 0.29) is 32.6 Å². The van der Waals surface area contributed by atoms with E-state index in [2.05, 4.69) is 11.1 Å². The van der Waals surface area contributed by atoms with E-state index in [0.717, 1.165) is 17.0 Å². The number of aliphatic hydroxyl groups excluding tert-OH is 1. The summed E-state index contributed by atoms with van der Waals surface area (Å²) in [6, 6.07) is 12.9. The van der Waals surface area contributed by atoms with Crippen LogP contribution in [-0.2, 0) is 25.9 Å². The molecule has 2 aromatic rings. The van der Waals surface area contributed by atoms with Crippen molar-refractivity contribution < 1.29 is 35.7 Å². The molecule has 1 aromatic heterocycles. The maximum Gasteiger partial charge on any atom is 0.155 e. The van der Waals surface area contributed by atoms with Gasteiger partial charge in [-0.2, -0.15) is 0 Å². The minimum atomic E-state index is -0.125. The summed E-state index contributed by atoms with van der Waals surface area (Å²) in [6.07, 6.45) is 5.02. The van der Waals surface area contributed by atoms with Crippen molar-refractivity contribution >= 4 is 17.5 Å². The van der Waals surface area contributed by atoms with Crippen LogP contribution in [-0.4, -0.2) is 29.2 Å². The Morgan fingerprint density at radius 3 is 2.58 bits per heavy atom. The normalized spacial score (nSPS) is 10.1. The van der Waals surface area contributed by atoms with Gasteiger partial charge >= 0.3 is 0 Å². The van der Waals surface area contributed by atoms with E-state index < -0.39 is 0 Å². The monoisotopic (exact) mass is 525 g/mol. The Kier molecular flexibility index (Phi) is 11.1. The van der Waals surface area contributed by atoms with Crippen molar-refractivity contribution in [2.75, 3.05) is 13.4 Å². The van der Waals surface area contributed by atoms with Crippen LogP contribution in [0.15, 0.2) is 53.3 Å². The van der Waals surface area contributed by atoms with Crippen LogP contribution in [0.1, 0.15) is 13.8 Å². The van der Waals surface area contributed by atoms with Gasteiger partial charge in [0.2, 0.25) is 0 Å². The standard InChI is InChI=1S/C13H12NOS.C5H8O2.Pt/c1-15-13-6-4-3-5-11(13)12-9-10(16-2)7-8-14-12;1-4(6)3-5(2)7;/h3-4,6-9H,1-2H3;3,6H,1-2H3;/q-1;;/b;4-3-;. The number of nitrogens with zero attached hydrogens (tertiary/aromatic N) is 1. The Balaban J connectivity index is 0.000000570. The third-order valence-corrected chi connectivity index (χ3v) is 3.40. The van der Waals surface area contributed by atoms with E-state index in [9.17, 15) is 4.79 Å². The number of benzene rings is 1. The smallest absolute Gasteiger partial charge is 0.155 e. The van der Waals surface area contributed by atoms with Gasteiger partial charge in [0, 0.05) is 44.0 Å². The van der Waals surface area contributed by atoms with Crippen LogP contribution >= 0.6 is 11.8 Å². The molecule has 0 unspecified atom stereocenters. The van der Waals surface area contributed by atoms with Gasteiger partial charge in [-0.1, -0.05) is 11.6 Å². The summed E-state index contributed by atoms with van der Waals surface area (Å²) in [7, 11) is 1.66. The fraction of sp³-hybridized carbons (Fsp3) is 0.222. The molecule has 132 valence electrons. The van der Waals surface area contributed by atoms with Gasteiger partial charge < -0.3 is 14.8 Å². The van der Waals surface area contributed by atoms with Gasteiger partial charge in [-0.25, -0.2) is 0 Å². The average Bonchev–Trinajstić information content (AvgIpc) is 2.54. The first-order valence-corrected chi connectivity index (χ1v) is 8.13. The average molecular weight is 526 g/mol. The van der Waals surface area contributed by atoms with E-state index in [1.54, 1.807) is 25.1 Å². The molecular formula is C18H20NO3PtS-. The Morgan fingerprint density at radius 2 is 2.08 bits per heavy atom. The van der Waals surface area contributed by atoms with Crippen molar-refractivity contribution in [3.63, 3.8) is 0 Å². The van der Waals surface area contributed by atoms with Crippen molar-refractivity contribution in [3.8, 4) is 17.0 Å². The predicted molar refractivity (Wildman–Crippen MR) is 93.9 cm³/mol. The van der Waals surface area contributed by atoms with Gasteiger partial charge in [-0.3, -0.25) is 4.79 Å². The summed E-state index contributed by atoms with van der Waals surface area (Å²) >= 11 is 1.70. The molecular weight excluding hydrogens is 505 g/mol. The number of allylic oxidation sites excluding steroid dienone is 2. The second-order valence-electron chi connectivity index (χ2n) is 4.59. The fourth-order valence-electron chi connectivity index (χ4n) is 1.76. The van der Waals surface area contributed by atoms with Crippen LogP contribution in [0, 0.1) is 6.07 Å². The second-order valence-corrected chi connectivity index (χ2v) is 5.47. The molecule has 2 rings (SSSR count). The van der Waals surface area contributed by atoms with E-state index in [0.29, 0.717) is 0 Å². The van der Waals surface area contributed by atoms with Gasteiger partial charge in [0.1, 0.15) is 0 Å². The summed E-state index contributed by atoms with van der Waals surface area (Å²) in [5.74, 6) is 0.737. The zero-order chi connectivity index (χ0) is 17.2. The number of carbonyl (C=O) groups is 1. The van der Waals surface area contributed by atoms with Crippen LogP contribution < -0.4 is 4.74 Å². The zero-order valence-electron chi connectivity index (χ0n) is 14.0. The Bertz CT molecular complexity index is 685. The number of hydrogen-bond donors (Lipinski definition) is 1. The molecule has 0 spiro atoms. The fourth-order valence-corrected chi connectivity index (χ4v) is 2.19. The number of rotatable bonds is 4. The van der Waals surface area contributed by atoms with Crippen LogP contribution in [0.3, 0.4) is 0 Å². The molecule has 0 atom stereocenters. The first-order valence-electron chi connectivity index (χ1n) is 6.91. The summed E-state index contributed by atoms with van der Waals surface area (Å²) in [4.78, 5) is 15.5. The molecule has 0 amide bonds. The minimum Gasteiger partial charge on any atom is -0.540 e. The van der Waals surface area contributed by atoms with Crippen LogP contribution in [0.25, 0.3) is 11.3 Å². The Morgan fingerprint density at radius 1 is 1.38 bits per heavy atom. The van der Waals surface area contributed by atoms with Crippen molar-refractivity contribution in [1.29, 1.82) is 0 Å². The molecule has 1 N–H and O–H groups in total. The van der Waals surface area contributed by atoms with Crippen LogP contribution in [0.4, 0.5) is 0 Å². The molecule has 0 saturated carbocycles. The Hall–Kier alpha value is -1.58. The van der Waals surface area contributed by atoms with Crippen molar-refractivity contribution in [2.45, 2.75) is 18.7 Å². The maximum atomic E-state index is 10.0. The molecule has 1 heterocycles. The van der Waals surface area contributed by atoms with E-state index in [1.807, 2.05) is 36.6 Å². The van der Waals surface area contributed by atoms with Crippen molar-refractivity contribution in [2.24, 2.45) is 0 Å². The van der Waals surface area contributed by atoms with Gasteiger partial charge in [0.15, 0.2) is 5.78 Å². The molecule has 0 radical (unpaired) electrons. The summed E-state index contributed by atoms with van der Waals surface area (Å²) in [6.45, 7) is 2.85. The molecule has 0 aliphatic heterocycles. The van der Waals surface area contributed by atoms with Crippen molar-refractivity contribution in [1.82, 2.24) is 4.98 Å². The number of carbonyl (C=O) groups excluding carboxylic acids is 1. The number of aliphatic hydroxyl groups is 1. The Labute approximate surface area is 161 Å². The number of ketones is 1. The predicted octanol–water partition coefficient (Wildman–Crippen LogP) is 4.31. The summed E-state index contributed by atoms with van der Waals surface area (Å²) in [5.41, 5.74) is 1.80. The van der Waals surface area contributed by atoms with Crippen LogP contribution in [0.2, 0.25) is 0 Å². The van der Waals surface area contributed by atoms with E-state index in [4.69, 9.17) is 9.84 Å². The number of aromatic nitrogens is 1. The molecule has 6 heteroatoms. The number of hydrogen-bond acceptors (Lipinski definition) is 5. The first-order chi connectivity index (χ1) is 11.0. The molecule has 24 heavy (non-hydrogen) atoms. The molecule has 0 saturated heterocycles.